The first-order valence-corrected chi connectivity index (χ1v) is 6.30. The van der Waals surface area contributed by atoms with Crippen LogP contribution in [-0.2, 0) is 4.79 Å². The third-order valence-corrected chi connectivity index (χ3v) is 2.82. The van der Waals surface area contributed by atoms with E-state index >= 15 is 0 Å². The lowest BCUT2D eigenvalue weighted by Crippen LogP contribution is -2.37. The van der Waals surface area contributed by atoms with Gasteiger partial charge in [0.2, 0.25) is 5.91 Å². The van der Waals surface area contributed by atoms with Crippen molar-refractivity contribution in [1.29, 1.82) is 0 Å². The number of hydrogen-bond donors (Lipinski definition) is 3. The van der Waals surface area contributed by atoms with Crippen molar-refractivity contribution >= 4 is 28.3 Å². The van der Waals surface area contributed by atoms with Crippen molar-refractivity contribution in [1.82, 2.24) is 10.3 Å². The van der Waals surface area contributed by atoms with E-state index in [4.69, 9.17) is 5.73 Å². The number of pyridine rings is 1. The van der Waals surface area contributed by atoms with E-state index in [-0.39, 0.29) is 11.9 Å². The topological polar surface area (TPSA) is 80.0 Å². The summed E-state index contributed by atoms with van der Waals surface area (Å²) in [4.78, 5) is 16.1. The van der Waals surface area contributed by atoms with Gasteiger partial charge in [0, 0.05) is 17.6 Å². The third kappa shape index (κ3) is 3.13. The van der Waals surface area contributed by atoms with Crippen LogP contribution in [-0.4, -0.2) is 23.5 Å². The number of nitrogen functional groups attached to an aromatic ring is 1. The lowest BCUT2D eigenvalue weighted by atomic mass is 10.2. The summed E-state index contributed by atoms with van der Waals surface area (Å²) >= 11 is 0. The minimum atomic E-state index is -0.321. The molecule has 0 saturated carbocycles. The molecule has 1 heterocycles. The van der Waals surface area contributed by atoms with E-state index < -0.39 is 0 Å². The average molecular weight is 258 g/mol. The molecule has 2 rings (SSSR count). The second-order valence-corrected chi connectivity index (χ2v) is 4.41. The molecule has 0 bridgehead atoms. The molecule has 2 aromatic rings. The number of carbonyl (C=O) groups is 1. The van der Waals surface area contributed by atoms with Crippen LogP contribution >= 0.6 is 0 Å². The summed E-state index contributed by atoms with van der Waals surface area (Å²) in [5.74, 6) is 0.637. The summed E-state index contributed by atoms with van der Waals surface area (Å²) in [6, 6.07) is 9.01. The van der Waals surface area contributed by atoms with Crippen LogP contribution in [0.5, 0.6) is 0 Å². The Hall–Kier alpha value is -2.30. The predicted molar refractivity (Wildman–Crippen MR) is 77.9 cm³/mol. The van der Waals surface area contributed by atoms with Crippen molar-refractivity contribution in [3.63, 3.8) is 0 Å². The smallest absolute Gasteiger partial charge is 0.242 e. The lowest BCUT2D eigenvalue weighted by Gasteiger charge is -2.14. The highest BCUT2D eigenvalue weighted by Crippen LogP contribution is 2.18. The van der Waals surface area contributed by atoms with Gasteiger partial charge >= 0.3 is 0 Å². The van der Waals surface area contributed by atoms with Crippen LogP contribution in [0.3, 0.4) is 0 Å². The van der Waals surface area contributed by atoms with E-state index in [0.29, 0.717) is 18.1 Å². The van der Waals surface area contributed by atoms with Crippen molar-refractivity contribution < 1.29 is 4.79 Å². The highest BCUT2D eigenvalue weighted by Gasteiger charge is 2.11. The molecule has 0 spiro atoms. The molecule has 0 aliphatic heterocycles. The molecule has 0 aliphatic carbocycles. The molecular formula is C14H18N4O. The van der Waals surface area contributed by atoms with E-state index in [2.05, 4.69) is 15.6 Å². The van der Waals surface area contributed by atoms with E-state index in [9.17, 15) is 4.79 Å². The second kappa shape index (κ2) is 5.56. The maximum absolute atomic E-state index is 11.6. The Morgan fingerprint density at radius 3 is 2.89 bits per heavy atom. The highest BCUT2D eigenvalue weighted by molar-refractivity contribution is 5.86. The monoisotopic (exact) mass is 258 g/mol. The quantitative estimate of drug-likeness (QED) is 0.730. The number of carbonyl (C=O) groups excluding carboxylic acids is 1. The Balaban J connectivity index is 2.17. The molecule has 5 heteroatoms. The SMILES string of the molecule is CCNC(=O)C(C)Nc1ccc2cc(N)ccc2n1. The Morgan fingerprint density at radius 1 is 1.37 bits per heavy atom. The first-order valence-electron chi connectivity index (χ1n) is 6.30. The standard InChI is InChI=1S/C14H18N4O/c1-3-16-14(19)9(2)17-13-7-4-10-8-11(15)5-6-12(10)18-13/h4-9H,3,15H2,1-2H3,(H,16,19)(H,17,18). The molecule has 4 N–H and O–H groups in total. The molecule has 0 fully saturated rings. The van der Waals surface area contributed by atoms with Crippen LogP contribution in [0.15, 0.2) is 30.3 Å². The zero-order chi connectivity index (χ0) is 13.8. The Kier molecular flexibility index (Phi) is 3.85. The second-order valence-electron chi connectivity index (χ2n) is 4.41. The van der Waals surface area contributed by atoms with Gasteiger partial charge in [0.15, 0.2) is 0 Å². The van der Waals surface area contributed by atoms with Gasteiger partial charge in [0.25, 0.3) is 0 Å². The summed E-state index contributed by atoms with van der Waals surface area (Å²) in [5, 5.41) is 6.83. The first-order chi connectivity index (χ1) is 9.10. The summed E-state index contributed by atoms with van der Waals surface area (Å²) < 4.78 is 0. The fraction of sp³-hybridized carbons (Fsp3) is 0.286. The number of anilines is 2. The maximum atomic E-state index is 11.6. The van der Waals surface area contributed by atoms with E-state index in [1.54, 1.807) is 6.92 Å². The zero-order valence-corrected chi connectivity index (χ0v) is 11.1. The van der Waals surface area contributed by atoms with Crippen molar-refractivity contribution in [2.24, 2.45) is 0 Å². The molecular weight excluding hydrogens is 240 g/mol. The van der Waals surface area contributed by atoms with Gasteiger partial charge in [-0.15, -0.1) is 0 Å². The van der Waals surface area contributed by atoms with Crippen molar-refractivity contribution in [3.8, 4) is 0 Å². The third-order valence-electron chi connectivity index (χ3n) is 2.82. The van der Waals surface area contributed by atoms with Gasteiger partial charge < -0.3 is 16.4 Å². The van der Waals surface area contributed by atoms with Crippen LogP contribution in [0.25, 0.3) is 10.9 Å². The van der Waals surface area contributed by atoms with E-state index in [1.165, 1.54) is 0 Å². The predicted octanol–water partition coefficient (Wildman–Crippen LogP) is 1.75. The summed E-state index contributed by atoms with van der Waals surface area (Å²) in [7, 11) is 0. The molecule has 0 aliphatic rings. The van der Waals surface area contributed by atoms with E-state index in [1.807, 2.05) is 37.3 Å². The zero-order valence-electron chi connectivity index (χ0n) is 11.1. The number of fused-ring (bicyclic) bond motifs is 1. The molecule has 1 aromatic carbocycles. The van der Waals surface area contributed by atoms with Crippen LogP contribution in [0, 0.1) is 0 Å². The molecule has 1 amide bonds. The number of benzene rings is 1. The molecule has 5 nitrogen and oxygen atoms in total. The highest BCUT2D eigenvalue weighted by atomic mass is 16.2. The minimum Gasteiger partial charge on any atom is -0.399 e. The van der Waals surface area contributed by atoms with Gasteiger partial charge in [-0.05, 0) is 44.2 Å². The summed E-state index contributed by atoms with van der Waals surface area (Å²) in [5.41, 5.74) is 7.28. The average Bonchev–Trinajstić information content (AvgIpc) is 2.39. The number of aromatic nitrogens is 1. The molecule has 1 atom stereocenters. The Bertz CT molecular complexity index is 597. The normalized spacial score (nSPS) is 12.1. The summed E-state index contributed by atoms with van der Waals surface area (Å²) in [6.45, 7) is 4.32. The van der Waals surface area contributed by atoms with Crippen molar-refractivity contribution in [2.45, 2.75) is 19.9 Å². The van der Waals surface area contributed by atoms with Gasteiger partial charge in [-0.25, -0.2) is 4.98 Å². The van der Waals surface area contributed by atoms with Crippen LogP contribution in [0.1, 0.15) is 13.8 Å². The van der Waals surface area contributed by atoms with Crippen molar-refractivity contribution in [3.05, 3.63) is 30.3 Å². The fourth-order valence-electron chi connectivity index (χ4n) is 1.84. The van der Waals surface area contributed by atoms with Gasteiger partial charge in [0.05, 0.1) is 5.52 Å². The molecule has 0 saturated heterocycles. The van der Waals surface area contributed by atoms with Gasteiger partial charge in [-0.1, -0.05) is 0 Å². The molecule has 1 unspecified atom stereocenters. The minimum absolute atomic E-state index is 0.0401. The number of rotatable bonds is 4. The molecule has 0 radical (unpaired) electrons. The Labute approximate surface area is 112 Å². The van der Waals surface area contributed by atoms with Gasteiger partial charge in [0.1, 0.15) is 11.9 Å². The number of nitrogens with one attached hydrogen (secondary N) is 2. The van der Waals surface area contributed by atoms with Crippen LogP contribution in [0.2, 0.25) is 0 Å². The van der Waals surface area contributed by atoms with Crippen LogP contribution in [0.4, 0.5) is 11.5 Å². The number of hydrogen-bond acceptors (Lipinski definition) is 4. The lowest BCUT2D eigenvalue weighted by molar-refractivity contribution is -0.121. The fourth-order valence-corrected chi connectivity index (χ4v) is 1.84. The largest absolute Gasteiger partial charge is 0.399 e. The summed E-state index contributed by atoms with van der Waals surface area (Å²) in [6.07, 6.45) is 0. The maximum Gasteiger partial charge on any atom is 0.242 e. The molecule has 1 aromatic heterocycles. The van der Waals surface area contributed by atoms with Crippen LogP contribution < -0.4 is 16.4 Å². The van der Waals surface area contributed by atoms with Gasteiger partial charge in [-0.3, -0.25) is 4.79 Å². The number of nitrogens with two attached hydrogens (primary N) is 1. The number of likely N-dealkylation sites (N-methyl/N-ethyl adjacent to an activating group) is 1. The first kappa shape index (κ1) is 13.1. The van der Waals surface area contributed by atoms with E-state index in [0.717, 1.165) is 10.9 Å². The van der Waals surface area contributed by atoms with Gasteiger partial charge in [-0.2, -0.15) is 0 Å². The molecule has 100 valence electrons. The van der Waals surface area contributed by atoms with Crippen molar-refractivity contribution in [2.75, 3.05) is 17.6 Å². The Morgan fingerprint density at radius 2 is 2.16 bits per heavy atom. The number of amides is 1. The molecule has 19 heavy (non-hydrogen) atoms. The number of nitrogens with zero attached hydrogens (tertiary/aromatic N) is 1.